The van der Waals surface area contributed by atoms with E-state index in [-0.39, 0.29) is 4.90 Å². The van der Waals surface area contributed by atoms with Crippen LogP contribution < -0.4 is 10.1 Å². The Morgan fingerprint density at radius 3 is 2.42 bits per heavy atom. The number of aliphatic carboxylic acids is 1. The lowest BCUT2D eigenvalue weighted by molar-refractivity contribution is -0.192. The molecule has 3 aromatic rings. The number of ether oxygens (including phenoxy) is 1. The lowest BCUT2D eigenvalue weighted by atomic mass is 10.1. The molecular formula is C20H19F3N2O5S. The fraction of sp³-hybridized carbons (Fsp3) is 0.250. The fourth-order valence-electron chi connectivity index (χ4n) is 3.21. The van der Waals surface area contributed by atoms with Gasteiger partial charge in [-0.15, -0.1) is 0 Å². The number of hydrogen-bond acceptors (Lipinski definition) is 5. The number of hydrogen-bond donors (Lipinski definition) is 2. The molecule has 0 amide bonds. The van der Waals surface area contributed by atoms with Gasteiger partial charge >= 0.3 is 12.1 Å². The molecule has 1 aromatic heterocycles. The number of aryl methyl sites for hydroxylation is 1. The highest BCUT2D eigenvalue weighted by Crippen LogP contribution is 2.33. The highest BCUT2D eigenvalue weighted by molar-refractivity contribution is 7.90. The van der Waals surface area contributed by atoms with Crippen molar-refractivity contribution in [3.63, 3.8) is 0 Å². The zero-order valence-corrected chi connectivity index (χ0v) is 17.1. The molecule has 166 valence electrons. The van der Waals surface area contributed by atoms with Crippen LogP contribution in [0.1, 0.15) is 11.3 Å². The highest BCUT2D eigenvalue weighted by Gasteiger charge is 2.38. The first kappa shape index (κ1) is 22.6. The number of rotatable bonds is 2. The molecule has 1 aliphatic heterocycles. The van der Waals surface area contributed by atoms with Crippen molar-refractivity contribution in [2.75, 3.05) is 13.2 Å². The largest absolute Gasteiger partial charge is 0.492 e. The molecule has 0 saturated heterocycles. The Morgan fingerprint density at radius 1 is 1.16 bits per heavy atom. The number of nitrogens with zero attached hydrogens (tertiary/aromatic N) is 1. The maximum absolute atomic E-state index is 13.1. The van der Waals surface area contributed by atoms with Crippen molar-refractivity contribution in [3.05, 3.63) is 59.8 Å². The topological polar surface area (TPSA) is 97.6 Å². The molecule has 1 aliphatic rings. The summed E-state index contributed by atoms with van der Waals surface area (Å²) in [6.45, 7) is 3.87. The first-order valence-electron chi connectivity index (χ1n) is 9.11. The van der Waals surface area contributed by atoms with Crippen molar-refractivity contribution >= 4 is 26.9 Å². The van der Waals surface area contributed by atoms with E-state index in [0.717, 1.165) is 23.2 Å². The van der Waals surface area contributed by atoms with E-state index in [1.165, 1.54) is 3.97 Å². The molecule has 2 N–H and O–H groups in total. The zero-order valence-electron chi connectivity index (χ0n) is 16.3. The summed E-state index contributed by atoms with van der Waals surface area (Å²) in [5.41, 5.74) is 2.38. The number of carboxylic acids is 1. The van der Waals surface area contributed by atoms with Gasteiger partial charge in [0.1, 0.15) is 12.4 Å². The predicted octanol–water partition coefficient (Wildman–Crippen LogP) is 3.30. The third-order valence-corrected chi connectivity index (χ3v) is 6.38. The van der Waals surface area contributed by atoms with Crippen LogP contribution in [-0.4, -0.2) is 42.8 Å². The molecule has 0 aliphatic carbocycles. The lowest BCUT2D eigenvalue weighted by Crippen LogP contribution is -2.21. The molecule has 2 heterocycles. The van der Waals surface area contributed by atoms with Crippen molar-refractivity contribution in [1.29, 1.82) is 0 Å². The summed E-state index contributed by atoms with van der Waals surface area (Å²) in [5, 5.41) is 11.4. The number of nitrogens with one attached hydrogen (secondary N) is 1. The van der Waals surface area contributed by atoms with E-state index in [2.05, 4.69) is 5.32 Å². The predicted molar refractivity (Wildman–Crippen MR) is 107 cm³/mol. The summed E-state index contributed by atoms with van der Waals surface area (Å²) in [5.74, 6) is -1.94. The van der Waals surface area contributed by atoms with Gasteiger partial charge in [0.25, 0.3) is 10.0 Å². The molecule has 11 heteroatoms. The number of carboxylic acid groups (broad SMARTS) is 1. The Morgan fingerprint density at radius 2 is 1.81 bits per heavy atom. The zero-order chi connectivity index (χ0) is 22.8. The van der Waals surface area contributed by atoms with Gasteiger partial charge in [0, 0.05) is 29.7 Å². The van der Waals surface area contributed by atoms with Crippen LogP contribution in [0.4, 0.5) is 13.2 Å². The van der Waals surface area contributed by atoms with E-state index in [1.807, 2.05) is 31.2 Å². The molecule has 0 saturated carbocycles. The van der Waals surface area contributed by atoms with Crippen LogP contribution in [0.5, 0.6) is 5.75 Å². The van der Waals surface area contributed by atoms with Gasteiger partial charge in [-0.05, 0) is 37.3 Å². The third-order valence-electron chi connectivity index (χ3n) is 4.55. The Hall–Kier alpha value is -3.05. The number of aromatic nitrogens is 1. The minimum Gasteiger partial charge on any atom is -0.492 e. The summed E-state index contributed by atoms with van der Waals surface area (Å²) < 4.78 is 65.1. The van der Waals surface area contributed by atoms with Crippen molar-refractivity contribution in [1.82, 2.24) is 9.29 Å². The van der Waals surface area contributed by atoms with Crippen molar-refractivity contribution in [3.8, 4) is 5.75 Å². The van der Waals surface area contributed by atoms with Crippen LogP contribution in [0, 0.1) is 6.92 Å². The summed E-state index contributed by atoms with van der Waals surface area (Å²) in [6, 6.07) is 14.1. The smallest absolute Gasteiger partial charge is 0.490 e. The number of alkyl halides is 3. The summed E-state index contributed by atoms with van der Waals surface area (Å²) >= 11 is 0. The number of carbonyl (C=O) groups is 1. The minimum atomic E-state index is -5.08. The van der Waals surface area contributed by atoms with E-state index in [9.17, 15) is 21.6 Å². The number of benzene rings is 2. The van der Waals surface area contributed by atoms with Crippen LogP contribution in [-0.2, 0) is 21.4 Å². The first-order chi connectivity index (χ1) is 14.5. The molecule has 0 spiro atoms. The Balaban J connectivity index is 0.000000339. The SMILES string of the molecule is Cc1cc2c3c(ccc2n1S(=O)(=O)c1ccccc1)OCCNC3.O=C(O)C(F)(F)F. The van der Waals surface area contributed by atoms with Crippen LogP contribution in [0.3, 0.4) is 0 Å². The first-order valence-corrected chi connectivity index (χ1v) is 10.6. The maximum Gasteiger partial charge on any atom is 0.490 e. The summed E-state index contributed by atoms with van der Waals surface area (Å²) in [4.78, 5) is 9.18. The quantitative estimate of drug-likeness (QED) is 0.614. The number of halogens is 3. The molecule has 0 fully saturated rings. The summed E-state index contributed by atoms with van der Waals surface area (Å²) in [6.07, 6.45) is -5.08. The number of fused-ring (bicyclic) bond motifs is 3. The molecule has 7 nitrogen and oxygen atoms in total. The molecule has 2 aromatic carbocycles. The molecule has 0 radical (unpaired) electrons. The molecule has 4 rings (SSSR count). The van der Waals surface area contributed by atoms with Gasteiger partial charge < -0.3 is 15.2 Å². The van der Waals surface area contributed by atoms with Gasteiger partial charge in [0.05, 0.1) is 10.4 Å². The van der Waals surface area contributed by atoms with Crippen molar-refractivity contribution in [2.45, 2.75) is 24.5 Å². The monoisotopic (exact) mass is 456 g/mol. The van der Waals surface area contributed by atoms with E-state index in [0.29, 0.717) is 24.4 Å². The van der Waals surface area contributed by atoms with Gasteiger partial charge in [-0.2, -0.15) is 13.2 Å². The normalized spacial score (nSPS) is 14.1. The second-order valence-electron chi connectivity index (χ2n) is 6.67. The average molecular weight is 456 g/mol. The van der Waals surface area contributed by atoms with Gasteiger partial charge in [0.15, 0.2) is 0 Å². The fourth-order valence-corrected chi connectivity index (χ4v) is 4.77. The average Bonchev–Trinajstić information content (AvgIpc) is 2.89. The molecule has 31 heavy (non-hydrogen) atoms. The Kier molecular flexibility index (Phi) is 6.27. The summed E-state index contributed by atoms with van der Waals surface area (Å²) in [7, 11) is -3.63. The highest BCUT2D eigenvalue weighted by atomic mass is 32.2. The van der Waals surface area contributed by atoms with E-state index in [1.54, 1.807) is 24.3 Å². The van der Waals surface area contributed by atoms with Crippen molar-refractivity contribution in [2.24, 2.45) is 0 Å². The molecular weight excluding hydrogens is 437 g/mol. The lowest BCUT2D eigenvalue weighted by Gasteiger charge is -2.11. The van der Waals surface area contributed by atoms with Crippen LogP contribution in [0.2, 0.25) is 0 Å². The van der Waals surface area contributed by atoms with E-state index in [4.69, 9.17) is 14.6 Å². The van der Waals surface area contributed by atoms with E-state index < -0.39 is 22.2 Å². The van der Waals surface area contributed by atoms with Crippen LogP contribution in [0.25, 0.3) is 10.9 Å². The second-order valence-corrected chi connectivity index (χ2v) is 8.46. The minimum absolute atomic E-state index is 0.287. The Bertz CT molecular complexity index is 1210. The van der Waals surface area contributed by atoms with E-state index >= 15 is 0 Å². The van der Waals surface area contributed by atoms with Crippen LogP contribution >= 0.6 is 0 Å². The van der Waals surface area contributed by atoms with Crippen molar-refractivity contribution < 1.29 is 36.2 Å². The molecule has 0 bridgehead atoms. The maximum atomic E-state index is 13.1. The second kappa shape index (κ2) is 8.60. The molecule has 0 atom stereocenters. The van der Waals surface area contributed by atoms with Gasteiger partial charge in [-0.3, -0.25) is 0 Å². The standard InChI is InChI=1S/C18H18N2O3S.C2HF3O2/c1-13-11-15-16-12-19-9-10-23-18(16)8-7-17(15)20(13)24(21,22)14-5-3-2-4-6-14;3-2(4,5)1(6)7/h2-8,11,19H,9-10,12H2,1H3;(H,6,7). The third kappa shape index (κ3) is 4.67. The van der Waals surface area contributed by atoms with Gasteiger partial charge in [-0.25, -0.2) is 17.2 Å². The van der Waals surface area contributed by atoms with Gasteiger partial charge in [-0.1, -0.05) is 18.2 Å². The van der Waals surface area contributed by atoms with Gasteiger partial charge in [0.2, 0.25) is 0 Å². The van der Waals surface area contributed by atoms with Crippen LogP contribution in [0.15, 0.2) is 53.4 Å². The molecule has 0 unspecified atom stereocenters. The Labute approximate surface area is 176 Å².